The standard InChI is InChI=1S/C17H22N6/c1-21-16-7-3-2-6-15(16)20-17(21)14-5-4-8-22(11-14)9-10-23-12-18-19-13-23/h2-3,6-7,12-14H,4-5,8-11H2,1H3. The molecular formula is C17H22N6. The molecule has 6 nitrogen and oxygen atoms in total. The molecule has 120 valence electrons. The number of likely N-dealkylation sites (tertiary alicyclic amines) is 1. The van der Waals surface area contributed by atoms with E-state index in [2.05, 4.69) is 51.0 Å². The molecule has 1 saturated heterocycles. The van der Waals surface area contributed by atoms with E-state index in [1.807, 2.05) is 4.57 Å². The fourth-order valence-corrected chi connectivity index (χ4v) is 3.59. The van der Waals surface area contributed by atoms with Crippen molar-refractivity contribution >= 4 is 11.0 Å². The van der Waals surface area contributed by atoms with E-state index in [0.29, 0.717) is 5.92 Å². The molecule has 0 radical (unpaired) electrons. The molecule has 4 rings (SSSR count). The van der Waals surface area contributed by atoms with Crippen LogP contribution in [0, 0.1) is 0 Å². The highest BCUT2D eigenvalue weighted by molar-refractivity contribution is 5.75. The Morgan fingerprint density at radius 1 is 1.13 bits per heavy atom. The lowest BCUT2D eigenvalue weighted by Crippen LogP contribution is -2.37. The number of nitrogens with zero attached hydrogens (tertiary/aromatic N) is 6. The molecule has 0 spiro atoms. The fourth-order valence-electron chi connectivity index (χ4n) is 3.59. The molecule has 1 unspecified atom stereocenters. The summed E-state index contributed by atoms with van der Waals surface area (Å²) in [6.45, 7) is 4.24. The molecule has 23 heavy (non-hydrogen) atoms. The van der Waals surface area contributed by atoms with Crippen LogP contribution < -0.4 is 0 Å². The molecule has 0 amide bonds. The molecule has 1 aliphatic heterocycles. The van der Waals surface area contributed by atoms with Crippen LogP contribution in [0.1, 0.15) is 24.6 Å². The predicted octanol–water partition coefficient (Wildman–Crippen LogP) is 2.04. The smallest absolute Gasteiger partial charge is 0.119 e. The van der Waals surface area contributed by atoms with Crippen molar-refractivity contribution in [1.82, 2.24) is 29.2 Å². The Morgan fingerprint density at radius 2 is 1.96 bits per heavy atom. The molecule has 1 aromatic carbocycles. The molecular weight excluding hydrogens is 288 g/mol. The van der Waals surface area contributed by atoms with E-state index in [9.17, 15) is 0 Å². The topological polar surface area (TPSA) is 51.8 Å². The van der Waals surface area contributed by atoms with E-state index in [0.717, 1.165) is 25.2 Å². The number of rotatable bonds is 4. The minimum atomic E-state index is 0.516. The lowest BCUT2D eigenvalue weighted by Gasteiger charge is -2.32. The summed E-state index contributed by atoms with van der Waals surface area (Å²) >= 11 is 0. The minimum absolute atomic E-state index is 0.516. The van der Waals surface area contributed by atoms with Crippen molar-refractivity contribution in [2.24, 2.45) is 7.05 Å². The van der Waals surface area contributed by atoms with Gasteiger partial charge in [-0.25, -0.2) is 4.98 Å². The van der Waals surface area contributed by atoms with Gasteiger partial charge in [0.15, 0.2) is 0 Å². The summed E-state index contributed by atoms with van der Waals surface area (Å²) < 4.78 is 4.31. The van der Waals surface area contributed by atoms with E-state index < -0.39 is 0 Å². The van der Waals surface area contributed by atoms with Crippen LogP contribution >= 0.6 is 0 Å². The van der Waals surface area contributed by atoms with Gasteiger partial charge in [0.25, 0.3) is 0 Å². The van der Waals surface area contributed by atoms with Crippen molar-refractivity contribution < 1.29 is 0 Å². The Balaban J connectivity index is 1.48. The maximum absolute atomic E-state index is 4.89. The third kappa shape index (κ3) is 2.86. The van der Waals surface area contributed by atoms with E-state index in [-0.39, 0.29) is 0 Å². The summed E-state index contributed by atoms with van der Waals surface area (Å²) in [5.74, 6) is 1.74. The number of hydrogen-bond acceptors (Lipinski definition) is 4. The number of fused-ring (bicyclic) bond motifs is 1. The molecule has 0 bridgehead atoms. The lowest BCUT2D eigenvalue weighted by molar-refractivity contribution is 0.196. The summed E-state index contributed by atoms with van der Waals surface area (Å²) in [7, 11) is 2.14. The summed E-state index contributed by atoms with van der Waals surface area (Å²) in [5.41, 5.74) is 2.33. The van der Waals surface area contributed by atoms with Gasteiger partial charge in [-0.15, -0.1) is 10.2 Å². The number of imidazole rings is 1. The van der Waals surface area contributed by atoms with Gasteiger partial charge in [-0.1, -0.05) is 12.1 Å². The molecule has 2 aromatic heterocycles. The van der Waals surface area contributed by atoms with Crippen LogP contribution in [0.25, 0.3) is 11.0 Å². The third-order valence-corrected chi connectivity index (χ3v) is 4.83. The van der Waals surface area contributed by atoms with Gasteiger partial charge >= 0.3 is 0 Å². The monoisotopic (exact) mass is 310 g/mol. The van der Waals surface area contributed by atoms with E-state index in [4.69, 9.17) is 4.98 Å². The number of para-hydroxylation sites is 2. The minimum Gasteiger partial charge on any atom is -0.331 e. The third-order valence-electron chi connectivity index (χ3n) is 4.83. The normalized spacial score (nSPS) is 19.4. The highest BCUT2D eigenvalue weighted by atomic mass is 15.2. The summed E-state index contributed by atoms with van der Waals surface area (Å²) in [6, 6.07) is 8.40. The van der Waals surface area contributed by atoms with Crippen LogP contribution in [0.5, 0.6) is 0 Å². The molecule has 1 aliphatic rings. The van der Waals surface area contributed by atoms with Gasteiger partial charge < -0.3 is 14.0 Å². The highest BCUT2D eigenvalue weighted by Gasteiger charge is 2.25. The van der Waals surface area contributed by atoms with Gasteiger partial charge in [-0.3, -0.25) is 0 Å². The van der Waals surface area contributed by atoms with Gasteiger partial charge in [-0.2, -0.15) is 0 Å². The zero-order valence-corrected chi connectivity index (χ0v) is 13.5. The van der Waals surface area contributed by atoms with Crippen molar-refractivity contribution in [2.45, 2.75) is 25.3 Å². The molecule has 3 aromatic rings. The van der Waals surface area contributed by atoms with Crippen LogP contribution in [0.15, 0.2) is 36.9 Å². The lowest BCUT2D eigenvalue weighted by atomic mass is 9.97. The zero-order valence-electron chi connectivity index (χ0n) is 13.5. The molecule has 1 fully saturated rings. The number of benzene rings is 1. The first kappa shape index (κ1) is 14.4. The average Bonchev–Trinajstić information content (AvgIpc) is 3.22. The summed E-state index contributed by atoms with van der Waals surface area (Å²) in [6.07, 6.45) is 6.02. The van der Waals surface area contributed by atoms with E-state index in [1.54, 1.807) is 12.7 Å². The second kappa shape index (κ2) is 6.12. The van der Waals surface area contributed by atoms with E-state index in [1.165, 1.54) is 30.7 Å². The maximum atomic E-state index is 4.89. The molecule has 0 N–H and O–H groups in total. The van der Waals surface area contributed by atoms with Crippen LogP contribution in [0.4, 0.5) is 0 Å². The number of piperidine rings is 1. The zero-order chi connectivity index (χ0) is 15.6. The van der Waals surface area contributed by atoms with Crippen LogP contribution in [-0.4, -0.2) is 48.8 Å². The van der Waals surface area contributed by atoms with Crippen molar-refractivity contribution in [2.75, 3.05) is 19.6 Å². The van der Waals surface area contributed by atoms with Gasteiger partial charge in [0.05, 0.1) is 11.0 Å². The summed E-state index contributed by atoms with van der Waals surface area (Å²) in [4.78, 5) is 7.43. The molecule has 6 heteroatoms. The Labute approximate surface area is 135 Å². The first-order valence-electron chi connectivity index (χ1n) is 8.27. The van der Waals surface area contributed by atoms with Gasteiger partial charge in [-0.05, 0) is 31.5 Å². The Bertz CT molecular complexity index is 776. The Hall–Kier alpha value is -2.21. The SMILES string of the molecule is Cn1c(C2CCCN(CCn3cnnc3)C2)nc2ccccc21. The van der Waals surface area contributed by atoms with Crippen molar-refractivity contribution in [3.8, 4) is 0 Å². The van der Waals surface area contributed by atoms with Crippen LogP contribution in [-0.2, 0) is 13.6 Å². The second-order valence-electron chi connectivity index (χ2n) is 6.36. The predicted molar refractivity (Wildman–Crippen MR) is 89.2 cm³/mol. The van der Waals surface area contributed by atoms with Crippen molar-refractivity contribution in [3.05, 3.63) is 42.7 Å². The Morgan fingerprint density at radius 3 is 2.78 bits per heavy atom. The molecule has 0 saturated carbocycles. The molecule has 0 aliphatic carbocycles. The van der Waals surface area contributed by atoms with Crippen molar-refractivity contribution in [3.63, 3.8) is 0 Å². The maximum Gasteiger partial charge on any atom is 0.119 e. The first-order valence-corrected chi connectivity index (χ1v) is 8.27. The van der Waals surface area contributed by atoms with Crippen LogP contribution in [0.3, 0.4) is 0 Å². The van der Waals surface area contributed by atoms with Gasteiger partial charge in [0, 0.05) is 32.6 Å². The van der Waals surface area contributed by atoms with Crippen molar-refractivity contribution in [1.29, 1.82) is 0 Å². The molecule has 3 heterocycles. The first-order chi connectivity index (χ1) is 11.3. The average molecular weight is 310 g/mol. The quantitative estimate of drug-likeness (QED) is 0.740. The highest BCUT2D eigenvalue weighted by Crippen LogP contribution is 2.28. The van der Waals surface area contributed by atoms with Crippen LogP contribution in [0.2, 0.25) is 0 Å². The van der Waals surface area contributed by atoms with E-state index >= 15 is 0 Å². The second-order valence-corrected chi connectivity index (χ2v) is 6.36. The number of hydrogen-bond donors (Lipinski definition) is 0. The molecule has 1 atom stereocenters. The Kier molecular flexibility index (Phi) is 3.83. The fraction of sp³-hybridized carbons (Fsp3) is 0.471. The van der Waals surface area contributed by atoms with Gasteiger partial charge in [0.2, 0.25) is 0 Å². The summed E-state index contributed by atoms with van der Waals surface area (Å²) in [5, 5.41) is 7.73. The van der Waals surface area contributed by atoms with Gasteiger partial charge in [0.1, 0.15) is 18.5 Å². The number of aryl methyl sites for hydroxylation is 1. The number of aromatic nitrogens is 5. The largest absolute Gasteiger partial charge is 0.331 e.